The molecule has 4 N–H and O–H groups in total. The minimum Gasteiger partial charge on any atom is -0.399 e. The Morgan fingerprint density at radius 2 is 2.09 bits per heavy atom. The lowest BCUT2D eigenvalue weighted by molar-refractivity contribution is 0.356. The molecule has 1 aromatic heterocycles. The molecule has 5 heteroatoms. The second-order valence-electron chi connectivity index (χ2n) is 5.95. The number of nitrogen functional groups attached to an aromatic ring is 1. The van der Waals surface area contributed by atoms with Crippen LogP contribution in [0.4, 0.5) is 11.4 Å². The first-order valence-corrected chi connectivity index (χ1v) is 7.84. The van der Waals surface area contributed by atoms with E-state index in [1.165, 1.54) is 6.33 Å². The van der Waals surface area contributed by atoms with Crippen LogP contribution in [0.3, 0.4) is 0 Å². The van der Waals surface area contributed by atoms with Gasteiger partial charge in [0.1, 0.15) is 6.33 Å². The maximum absolute atomic E-state index is 5.79. The van der Waals surface area contributed by atoms with Crippen molar-refractivity contribution in [1.82, 2.24) is 15.3 Å². The van der Waals surface area contributed by atoms with E-state index >= 15 is 0 Å². The normalized spacial score (nSPS) is 23.6. The van der Waals surface area contributed by atoms with E-state index in [9.17, 15) is 0 Å². The zero-order valence-electron chi connectivity index (χ0n) is 13.2. The average Bonchev–Trinajstić information content (AvgIpc) is 2.53. The zero-order valence-corrected chi connectivity index (χ0v) is 13.2. The minimum atomic E-state index is 0.155. The number of rotatable bonds is 2. The summed E-state index contributed by atoms with van der Waals surface area (Å²) in [7, 11) is 0. The summed E-state index contributed by atoms with van der Waals surface area (Å²) >= 11 is 0. The summed E-state index contributed by atoms with van der Waals surface area (Å²) in [4.78, 5) is 8.09. The van der Waals surface area contributed by atoms with Gasteiger partial charge in [-0.25, -0.2) is 9.97 Å². The zero-order chi connectivity index (χ0) is 16.1. The van der Waals surface area contributed by atoms with Gasteiger partial charge in [-0.15, -0.1) is 0 Å². The number of benzene rings is 1. The number of piperidine rings is 1. The van der Waals surface area contributed by atoms with Gasteiger partial charge >= 0.3 is 0 Å². The van der Waals surface area contributed by atoms with Crippen molar-refractivity contribution >= 4 is 11.4 Å². The van der Waals surface area contributed by atoms with E-state index in [1.54, 1.807) is 12.4 Å². The molecule has 3 atom stereocenters. The van der Waals surface area contributed by atoms with Crippen molar-refractivity contribution in [1.29, 1.82) is 0 Å². The predicted molar refractivity (Wildman–Crippen MR) is 92.8 cm³/mol. The van der Waals surface area contributed by atoms with E-state index < -0.39 is 0 Å². The Balaban J connectivity index is 1.66. The summed E-state index contributed by atoms with van der Waals surface area (Å²) in [5.74, 6) is 6.54. The maximum Gasteiger partial charge on any atom is 0.115 e. The molecule has 5 nitrogen and oxygen atoms in total. The Hall–Kier alpha value is -2.58. The molecule has 1 aromatic carbocycles. The molecule has 118 valence electrons. The van der Waals surface area contributed by atoms with E-state index in [1.807, 2.05) is 24.3 Å². The number of nitrogens with zero attached hydrogens (tertiary/aromatic N) is 2. The van der Waals surface area contributed by atoms with Crippen LogP contribution in [-0.4, -0.2) is 28.1 Å². The Morgan fingerprint density at radius 1 is 1.26 bits per heavy atom. The molecule has 0 amide bonds. The number of aromatic nitrogens is 2. The third kappa shape index (κ3) is 4.44. The molecule has 1 fully saturated rings. The SMILES string of the molecule is CC1CC(Nc2cncnc2)CC(C#Cc2cccc(N)c2)N1. The van der Waals surface area contributed by atoms with Crippen LogP contribution in [-0.2, 0) is 0 Å². The molecule has 3 unspecified atom stereocenters. The van der Waals surface area contributed by atoms with E-state index in [2.05, 4.69) is 39.4 Å². The largest absolute Gasteiger partial charge is 0.399 e. The lowest BCUT2D eigenvalue weighted by Crippen LogP contribution is -2.47. The molecular formula is C18H21N5. The van der Waals surface area contributed by atoms with Gasteiger partial charge in [-0.1, -0.05) is 17.9 Å². The van der Waals surface area contributed by atoms with Crippen molar-refractivity contribution in [2.75, 3.05) is 11.1 Å². The van der Waals surface area contributed by atoms with Crippen molar-refractivity contribution in [3.8, 4) is 11.8 Å². The van der Waals surface area contributed by atoms with Crippen LogP contribution in [0.5, 0.6) is 0 Å². The van der Waals surface area contributed by atoms with Gasteiger partial charge in [-0.3, -0.25) is 0 Å². The van der Waals surface area contributed by atoms with Gasteiger partial charge in [0, 0.05) is 23.3 Å². The summed E-state index contributed by atoms with van der Waals surface area (Å²) in [5, 5.41) is 7.04. The Bertz CT molecular complexity index is 704. The van der Waals surface area contributed by atoms with Crippen LogP contribution in [0.25, 0.3) is 0 Å². The lowest BCUT2D eigenvalue weighted by Gasteiger charge is -2.33. The summed E-state index contributed by atoms with van der Waals surface area (Å²) in [5.41, 5.74) is 8.44. The molecule has 0 spiro atoms. The van der Waals surface area contributed by atoms with Gasteiger partial charge in [0.15, 0.2) is 0 Å². The highest BCUT2D eigenvalue weighted by Crippen LogP contribution is 2.18. The van der Waals surface area contributed by atoms with Crippen LogP contribution < -0.4 is 16.4 Å². The quantitative estimate of drug-likeness (QED) is 0.585. The van der Waals surface area contributed by atoms with E-state index in [0.717, 1.165) is 29.8 Å². The van der Waals surface area contributed by atoms with E-state index in [-0.39, 0.29) is 6.04 Å². The van der Waals surface area contributed by atoms with Gasteiger partial charge in [0.05, 0.1) is 24.1 Å². The lowest BCUT2D eigenvalue weighted by atomic mass is 9.94. The highest BCUT2D eigenvalue weighted by molar-refractivity contribution is 5.47. The first-order chi connectivity index (χ1) is 11.2. The van der Waals surface area contributed by atoms with Gasteiger partial charge < -0.3 is 16.4 Å². The fourth-order valence-electron chi connectivity index (χ4n) is 2.90. The van der Waals surface area contributed by atoms with Crippen LogP contribution in [0.2, 0.25) is 0 Å². The van der Waals surface area contributed by atoms with Crippen LogP contribution in [0.1, 0.15) is 25.3 Å². The highest BCUT2D eigenvalue weighted by Gasteiger charge is 2.24. The molecular weight excluding hydrogens is 286 g/mol. The van der Waals surface area contributed by atoms with Gasteiger partial charge in [0.2, 0.25) is 0 Å². The molecule has 0 saturated carbocycles. The standard InChI is InChI=1S/C18H21N5/c1-13-7-17(23-18-10-20-12-21-11-18)9-16(22-13)6-5-14-3-2-4-15(19)8-14/h2-4,8,10-13,16-17,22-23H,7,9,19H2,1H3. The number of anilines is 2. The van der Waals surface area contributed by atoms with Gasteiger partial charge in [0.25, 0.3) is 0 Å². The Morgan fingerprint density at radius 3 is 2.87 bits per heavy atom. The highest BCUT2D eigenvalue weighted by atomic mass is 15.0. The molecule has 23 heavy (non-hydrogen) atoms. The topological polar surface area (TPSA) is 75.9 Å². The number of hydrogen-bond donors (Lipinski definition) is 3. The van der Waals surface area contributed by atoms with Crippen molar-refractivity contribution < 1.29 is 0 Å². The average molecular weight is 307 g/mol. The predicted octanol–water partition coefficient (Wildman–Crippen LogP) is 2.03. The first-order valence-electron chi connectivity index (χ1n) is 7.84. The summed E-state index contributed by atoms with van der Waals surface area (Å²) in [6.45, 7) is 2.19. The molecule has 1 aliphatic rings. The smallest absolute Gasteiger partial charge is 0.115 e. The molecule has 3 rings (SSSR count). The van der Waals surface area contributed by atoms with Crippen molar-refractivity contribution in [3.63, 3.8) is 0 Å². The van der Waals surface area contributed by atoms with Crippen LogP contribution >= 0.6 is 0 Å². The van der Waals surface area contributed by atoms with Crippen molar-refractivity contribution in [3.05, 3.63) is 48.5 Å². The molecule has 0 radical (unpaired) electrons. The fourth-order valence-corrected chi connectivity index (χ4v) is 2.90. The third-order valence-electron chi connectivity index (χ3n) is 3.85. The molecule has 1 aliphatic heterocycles. The molecule has 0 bridgehead atoms. The fraction of sp³-hybridized carbons (Fsp3) is 0.333. The summed E-state index contributed by atoms with van der Waals surface area (Å²) < 4.78 is 0. The van der Waals surface area contributed by atoms with Gasteiger partial charge in [-0.05, 0) is 38.0 Å². The number of nitrogens with two attached hydrogens (primary N) is 1. The first kappa shape index (κ1) is 15.3. The Kier molecular flexibility index (Phi) is 4.74. The maximum atomic E-state index is 5.79. The summed E-state index contributed by atoms with van der Waals surface area (Å²) in [6, 6.07) is 8.60. The van der Waals surface area contributed by atoms with Crippen molar-refractivity contribution in [2.45, 2.75) is 37.9 Å². The van der Waals surface area contributed by atoms with E-state index in [4.69, 9.17) is 5.73 Å². The summed E-state index contributed by atoms with van der Waals surface area (Å²) in [6.07, 6.45) is 7.12. The van der Waals surface area contributed by atoms with E-state index in [0.29, 0.717) is 12.1 Å². The monoisotopic (exact) mass is 307 g/mol. The molecule has 0 aliphatic carbocycles. The second kappa shape index (κ2) is 7.12. The minimum absolute atomic E-state index is 0.155. The number of hydrogen-bond acceptors (Lipinski definition) is 5. The van der Waals surface area contributed by atoms with Crippen LogP contribution in [0.15, 0.2) is 43.0 Å². The van der Waals surface area contributed by atoms with Crippen LogP contribution in [0, 0.1) is 11.8 Å². The molecule has 2 heterocycles. The van der Waals surface area contributed by atoms with Gasteiger partial charge in [-0.2, -0.15) is 0 Å². The number of nitrogens with one attached hydrogen (secondary N) is 2. The van der Waals surface area contributed by atoms with Crippen molar-refractivity contribution in [2.24, 2.45) is 0 Å². The third-order valence-corrected chi connectivity index (χ3v) is 3.85. The second-order valence-corrected chi connectivity index (χ2v) is 5.95. The molecule has 1 saturated heterocycles. The Labute approximate surface area is 136 Å². The molecule has 2 aromatic rings.